The Morgan fingerprint density at radius 2 is 2.31 bits per heavy atom. The number of hydrogen-bond donors (Lipinski definition) is 1. The molecule has 0 saturated heterocycles. The van der Waals surface area contributed by atoms with Crippen molar-refractivity contribution in [3.05, 3.63) is 29.8 Å². The van der Waals surface area contributed by atoms with Gasteiger partial charge < -0.3 is 10.0 Å². The van der Waals surface area contributed by atoms with Crippen LogP contribution in [0.2, 0.25) is 0 Å². The van der Waals surface area contributed by atoms with Gasteiger partial charge in [0.05, 0.1) is 11.6 Å². The predicted octanol–water partition coefficient (Wildman–Crippen LogP) is 1.86. The minimum atomic E-state index is -0.865. The van der Waals surface area contributed by atoms with Gasteiger partial charge in [0.15, 0.2) is 0 Å². The number of nitriles is 1. The number of carboxylic acid groups (broad SMARTS) is 1. The Labute approximate surface area is 94.7 Å². The molecule has 1 aromatic rings. The fourth-order valence-electron chi connectivity index (χ4n) is 1.50. The first-order valence-electron chi connectivity index (χ1n) is 5.14. The molecule has 0 aliphatic carbocycles. The van der Waals surface area contributed by atoms with Gasteiger partial charge in [0.1, 0.15) is 6.54 Å². The average Bonchev–Trinajstić information content (AvgIpc) is 2.28. The van der Waals surface area contributed by atoms with E-state index in [4.69, 9.17) is 10.4 Å². The quantitative estimate of drug-likeness (QED) is 0.819. The molecule has 1 aromatic carbocycles. The largest absolute Gasteiger partial charge is 0.480 e. The lowest BCUT2D eigenvalue weighted by molar-refractivity contribution is -0.135. The molecule has 0 amide bonds. The molecular formula is C12H14N2O2. The highest BCUT2D eigenvalue weighted by molar-refractivity contribution is 5.73. The number of carbonyl (C=O) groups is 1. The molecule has 0 atom stereocenters. The molecular weight excluding hydrogens is 204 g/mol. The third kappa shape index (κ3) is 3.28. The third-order valence-electron chi connectivity index (χ3n) is 2.16. The molecule has 0 heterocycles. The molecule has 4 heteroatoms. The Kier molecular flexibility index (Phi) is 4.34. The van der Waals surface area contributed by atoms with Crippen molar-refractivity contribution in [3.8, 4) is 6.07 Å². The summed E-state index contributed by atoms with van der Waals surface area (Å²) in [7, 11) is 0. The van der Waals surface area contributed by atoms with Crippen LogP contribution in [0.3, 0.4) is 0 Å². The summed E-state index contributed by atoms with van der Waals surface area (Å²) in [4.78, 5) is 12.5. The Morgan fingerprint density at radius 1 is 1.56 bits per heavy atom. The topological polar surface area (TPSA) is 64.3 Å². The van der Waals surface area contributed by atoms with Crippen molar-refractivity contribution in [2.45, 2.75) is 13.3 Å². The molecule has 84 valence electrons. The molecule has 0 aliphatic heterocycles. The van der Waals surface area contributed by atoms with E-state index in [9.17, 15) is 4.79 Å². The van der Waals surface area contributed by atoms with Crippen LogP contribution < -0.4 is 4.90 Å². The molecule has 0 bridgehead atoms. The van der Waals surface area contributed by atoms with Gasteiger partial charge in [0.2, 0.25) is 0 Å². The maximum absolute atomic E-state index is 10.7. The summed E-state index contributed by atoms with van der Waals surface area (Å²) in [6, 6.07) is 9.03. The van der Waals surface area contributed by atoms with Crippen molar-refractivity contribution in [2.75, 3.05) is 18.0 Å². The maximum atomic E-state index is 10.7. The highest BCUT2D eigenvalue weighted by Gasteiger charge is 2.09. The molecule has 16 heavy (non-hydrogen) atoms. The van der Waals surface area contributed by atoms with E-state index in [-0.39, 0.29) is 6.54 Å². The summed E-state index contributed by atoms with van der Waals surface area (Å²) < 4.78 is 0. The normalized spacial score (nSPS) is 9.50. The zero-order chi connectivity index (χ0) is 12.0. The monoisotopic (exact) mass is 218 g/mol. The first-order chi connectivity index (χ1) is 7.67. The fraction of sp³-hybridized carbons (Fsp3) is 0.333. The van der Waals surface area contributed by atoms with E-state index >= 15 is 0 Å². The zero-order valence-electron chi connectivity index (χ0n) is 9.18. The predicted molar refractivity (Wildman–Crippen MR) is 61.3 cm³/mol. The number of rotatable bonds is 5. The fourth-order valence-corrected chi connectivity index (χ4v) is 1.50. The second-order valence-corrected chi connectivity index (χ2v) is 3.48. The van der Waals surface area contributed by atoms with Gasteiger partial charge in [0.25, 0.3) is 0 Å². The van der Waals surface area contributed by atoms with E-state index in [1.165, 1.54) is 0 Å². The number of benzene rings is 1. The van der Waals surface area contributed by atoms with Gasteiger partial charge in [-0.05, 0) is 24.6 Å². The average molecular weight is 218 g/mol. The van der Waals surface area contributed by atoms with Crippen LogP contribution in [0.5, 0.6) is 0 Å². The molecule has 0 aliphatic rings. The number of hydrogen-bond acceptors (Lipinski definition) is 3. The van der Waals surface area contributed by atoms with Crippen molar-refractivity contribution in [2.24, 2.45) is 0 Å². The van der Waals surface area contributed by atoms with Crippen molar-refractivity contribution in [1.29, 1.82) is 5.26 Å². The lowest BCUT2D eigenvalue weighted by Gasteiger charge is -2.22. The third-order valence-corrected chi connectivity index (χ3v) is 2.16. The molecule has 0 saturated carbocycles. The minimum Gasteiger partial charge on any atom is -0.480 e. The van der Waals surface area contributed by atoms with Crippen molar-refractivity contribution >= 4 is 11.7 Å². The molecule has 0 radical (unpaired) electrons. The standard InChI is InChI=1S/C12H14N2O2/c1-2-6-14(9-12(15)16)11-5-3-4-10(7-11)8-13/h3-5,7H,2,6,9H2,1H3,(H,15,16). The second kappa shape index (κ2) is 5.76. The molecule has 0 spiro atoms. The van der Waals surface area contributed by atoms with Crippen LogP contribution in [-0.4, -0.2) is 24.2 Å². The minimum absolute atomic E-state index is 0.0390. The lowest BCUT2D eigenvalue weighted by Crippen LogP contribution is -2.30. The summed E-state index contributed by atoms with van der Waals surface area (Å²) in [6.07, 6.45) is 0.865. The first-order valence-corrected chi connectivity index (χ1v) is 5.14. The summed E-state index contributed by atoms with van der Waals surface area (Å²) in [6.45, 7) is 2.62. The summed E-state index contributed by atoms with van der Waals surface area (Å²) in [5.74, 6) is -0.865. The SMILES string of the molecule is CCCN(CC(=O)O)c1cccc(C#N)c1. The van der Waals surface area contributed by atoms with Gasteiger partial charge in [-0.2, -0.15) is 5.26 Å². The van der Waals surface area contributed by atoms with Crippen LogP contribution in [-0.2, 0) is 4.79 Å². The van der Waals surface area contributed by atoms with E-state index in [0.717, 1.165) is 12.1 Å². The number of nitrogens with zero attached hydrogens (tertiary/aromatic N) is 2. The summed E-state index contributed by atoms with van der Waals surface area (Å²) in [5.41, 5.74) is 1.33. The van der Waals surface area contributed by atoms with Gasteiger partial charge in [-0.3, -0.25) is 4.79 Å². The van der Waals surface area contributed by atoms with Crippen LogP contribution in [0, 0.1) is 11.3 Å². The number of carboxylic acids is 1. The van der Waals surface area contributed by atoms with Crippen LogP contribution >= 0.6 is 0 Å². The van der Waals surface area contributed by atoms with Crippen LogP contribution in [0.25, 0.3) is 0 Å². The van der Waals surface area contributed by atoms with Gasteiger partial charge in [-0.15, -0.1) is 0 Å². The summed E-state index contributed by atoms with van der Waals surface area (Å²) in [5, 5.41) is 17.6. The van der Waals surface area contributed by atoms with Crippen LogP contribution in [0.4, 0.5) is 5.69 Å². The number of anilines is 1. The van der Waals surface area contributed by atoms with Crippen molar-refractivity contribution in [1.82, 2.24) is 0 Å². The molecule has 0 unspecified atom stereocenters. The Hall–Kier alpha value is -2.02. The van der Waals surface area contributed by atoms with Crippen LogP contribution in [0.15, 0.2) is 24.3 Å². The first kappa shape index (κ1) is 12.1. The van der Waals surface area contributed by atoms with Crippen molar-refractivity contribution < 1.29 is 9.90 Å². The Morgan fingerprint density at radius 3 is 2.88 bits per heavy atom. The maximum Gasteiger partial charge on any atom is 0.323 e. The van der Waals surface area contributed by atoms with Gasteiger partial charge >= 0.3 is 5.97 Å². The van der Waals surface area contributed by atoms with E-state index in [1.54, 1.807) is 23.1 Å². The molecule has 4 nitrogen and oxygen atoms in total. The molecule has 1 rings (SSSR count). The van der Waals surface area contributed by atoms with Gasteiger partial charge in [-0.25, -0.2) is 0 Å². The smallest absolute Gasteiger partial charge is 0.323 e. The van der Waals surface area contributed by atoms with E-state index in [0.29, 0.717) is 12.1 Å². The Balaban J connectivity index is 2.91. The number of aliphatic carboxylic acids is 1. The van der Waals surface area contributed by atoms with Crippen LogP contribution in [0.1, 0.15) is 18.9 Å². The molecule has 0 aromatic heterocycles. The van der Waals surface area contributed by atoms with E-state index in [1.807, 2.05) is 19.1 Å². The summed E-state index contributed by atoms with van der Waals surface area (Å²) >= 11 is 0. The highest BCUT2D eigenvalue weighted by Crippen LogP contribution is 2.15. The highest BCUT2D eigenvalue weighted by atomic mass is 16.4. The molecule has 1 N–H and O–H groups in total. The van der Waals surface area contributed by atoms with E-state index < -0.39 is 5.97 Å². The van der Waals surface area contributed by atoms with Crippen molar-refractivity contribution in [3.63, 3.8) is 0 Å². The molecule has 0 fully saturated rings. The zero-order valence-corrected chi connectivity index (χ0v) is 9.18. The van der Waals surface area contributed by atoms with Gasteiger partial charge in [-0.1, -0.05) is 13.0 Å². The Bertz CT molecular complexity index is 410. The van der Waals surface area contributed by atoms with Gasteiger partial charge in [0, 0.05) is 12.2 Å². The van der Waals surface area contributed by atoms with E-state index in [2.05, 4.69) is 0 Å². The lowest BCUT2D eigenvalue weighted by atomic mass is 10.2. The second-order valence-electron chi connectivity index (χ2n) is 3.48.